The zero-order valence-corrected chi connectivity index (χ0v) is 7.95. The number of hydrogen-bond acceptors (Lipinski definition) is 3. The number of anilines is 2. The minimum atomic E-state index is 0.657. The Hall–Kier alpha value is -1.90. The standard InChI is InChI=1S/C11H12N2O/c1-14-10-5-2-7-6-8(12)3-4-9(7)11(10)13/h2-6H,12-13H2,1H3. The summed E-state index contributed by atoms with van der Waals surface area (Å²) in [5, 5.41) is 2.00. The van der Waals surface area contributed by atoms with Gasteiger partial charge < -0.3 is 16.2 Å². The number of nitrogens with two attached hydrogens (primary N) is 2. The first-order valence-corrected chi connectivity index (χ1v) is 4.34. The molecule has 4 N–H and O–H groups in total. The fraction of sp³-hybridized carbons (Fsp3) is 0.0909. The van der Waals surface area contributed by atoms with Gasteiger partial charge in [0.25, 0.3) is 0 Å². The van der Waals surface area contributed by atoms with Gasteiger partial charge in [0.2, 0.25) is 0 Å². The molecule has 0 heterocycles. The van der Waals surface area contributed by atoms with Gasteiger partial charge in [-0.2, -0.15) is 0 Å². The van der Waals surface area contributed by atoms with E-state index in [0.29, 0.717) is 11.4 Å². The summed E-state index contributed by atoms with van der Waals surface area (Å²) in [6, 6.07) is 9.42. The van der Waals surface area contributed by atoms with Gasteiger partial charge in [-0.25, -0.2) is 0 Å². The molecule has 0 aliphatic heterocycles. The predicted octanol–water partition coefficient (Wildman–Crippen LogP) is 2.01. The number of nitrogen functional groups attached to an aromatic ring is 2. The van der Waals surface area contributed by atoms with Gasteiger partial charge >= 0.3 is 0 Å². The van der Waals surface area contributed by atoms with E-state index in [0.717, 1.165) is 16.5 Å². The van der Waals surface area contributed by atoms with Crippen molar-refractivity contribution in [1.82, 2.24) is 0 Å². The molecule has 2 aromatic rings. The van der Waals surface area contributed by atoms with Crippen LogP contribution in [0, 0.1) is 0 Å². The van der Waals surface area contributed by atoms with E-state index in [9.17, 15) is 0 Å². The summed E-state index contributed by atoms with van der Waals surface area (Å²) in [7, 11) is 1.61. The first-order chi connectivity index (χ1) is 6.72. The molecule has 0 fully saturated rings. The highest BCUT2D eigenvalue weighted by Gasteiger charge is 2.03. The number of fused-ring (bicyclic) bond motifs is 1. The highest BCUT2D eigenvalue weighted by atomic mass is 16.5. The van der Waals surface area contributed by atoms with Crippen LogP contribution in [0.4, 0.5) is 11.4 Å². The summed E-state index contributed by atoms with van der Waals surface area (Å²) < 4.78 is 5.13. The molecule has 72 valence electrons. The Morgan fingerprint density at radius 3 is 2.57 bits per heavy atom. The zero-order chi connectivity index (χ0) is 10.1. The highest BCUT2D eigenvalue weighted by Crippen LogP contribution is 2.31. The average molecular weight is 188 g/mol. The van der Waals surface area contributed by atoms with Crippen molar-refractivity contribution < 1.29 is 4.74 Å². The third-order valence-corrected chi connectivity index (χ3v) is 2.27. The lowest BCUT2D eigenvalue weighted by Crippen LogP contribution is -1.94. The second-order valence-corrected chi connectivity index (χ2v) is 3.16. The van der Waals surface area contributed by atoms with Crippen molar-refractivity contribution in [2.75, 3.05) is 18.6 Å². The third kappa shape index (κ3) is 1.23. The van der Waals surface area contributed by atoms with Crippen molar-refractivity contribution in [3.8, 4) is 5.75 Å². The van der Waals surface area contributed by atoms with Gasteiger partial charge in [0, 0.05) is 11.1 Å². The molecular formula is C11H12N2O. The number of ether oxygens (including phenoxy) is 1. The monoisotopic (exact) mass is 188 g/mol. The fourth-order valence-electron chi connectivity index (χ4n) is 1.53. The van der Waals surface area contributed by atoms with Crippen LogP contribution in [0.2, 0.25) is 0 Å². The maximum atomic E-state index is 5.91. The van der Waals surface area contributed by atoms with E-state index in [-0.39, 0.29) is 0 Å². The predicted molar refractivity (Wildman–Crippen MR) is 59.3 cm³/mol. The van der Waals surface area contributed by atoms with Crippen LogP contribution < -0.4 is 16.2 Å². The van der Waals surface area contributed by atoms with Crippen molar-refractivity contribution in [3.63, 3.8) is 0 Å². The Balaban J connectivity index is 2.77. The van der Waals surface area contributed by atoms with E-state index in [4.69, 9.17) is 16.2 Å². The molecule has 0 aliphatic carbocycles. The molecule has 0 aromatic heterocycles. The van der Waals surface area contributed by atoms with Crippen LogP contribution in [0.5, 0.6) is 5.75 Å². The van der Waals surface area contributed by atoms with Gasteiger partial charge in [-0.15, -0.1) is 0 Å². The van der Waals surface area contributed by atoms with Crippen LogP contribution in [0.3, 0.4) is 0 Å². The largest absolute Gasteiger partial charge is 0.495 e. The van der Waals surface area contributed by atoms with Crippen LogP contribution in [-0.4, -0.2) is 7.11 Å². The lowest BCUT2D eigenvalue weighted by Gasteiger charge is -2.07. The minimum absolute atomic E-state index is 0.657. The molecule has 0 unspecified atom stereocenters. The highest BCUT2D eigenvalue weighted by molar-refractivity contribution is 5.97. The third-order valence-electron chi connectivity index (χ3n) is 2.27. The summed E-state index contributed by atoms with van der Waals surface area (Å²) in [5.74, 6) is 0.697. The maximum Gasteiger partial charge on any atom is 0.142 e. The van der Waals surface area contributed by atoms with Crippen LogP contribution in [0.15, 0.2) is 30.3 Å². The van der Waals surface area contributed by atoms with Gasteiger partial charge in [0.15, 0.2) is 0 Å². The van der Waals surface area contributed by atoms with E-state index in [1.807, 2.05) is 30.3 Å². The Bertz CT molecular complexity index is 480. The van der Waals surface area contributed by atoms with Gasteiger partial charge in [0.05, 0.1) is 12.8 Å². The Kier molecular flexibility index (Phi) is 1.93. The molecular weight excluding hydrogens is 176 g/mol. The number of rotatable bonds is 1. The Morgan fingerprint density at radius 1 is 1.07 bits per heavy atom. The van der Waals surface area contributed by atoms with E-state index >= 15 is 0 Å². The van der Waals surface area contributed by atoms with E-state index in [2.05, 4.69) is 0 Å². The molecule has 0 atom stereocenters. The van der Waals surface area contributed by atoms with Gasteiger partial charge in [-0.1, -0.05) is 12.1 Å². The van der Waals surface area contributed by atoms with Crippen molar-refractivity contribution >= 4 is 22.1 Å². The second kappa shape index (κ2) is 3.10. The fourth-order valence-corrected chi connectivity index (χ4v) is 1.53. The summed E-state index contributed by atoms with van der Waals surface area (Å²) in [6.07, 6.45) is 0. The lowest BCUT2D eigenvalue weighted by molar-refractivity contribution is 0.417. The SMILES string of the molecule is COc1ccc2cc(N)ccc2c1N. The summed E-state index contributed by atoms with van der Waals surface area (Å²) in [6.45, 7) is 0. The first-order valence-electron chi connectivity index (χ1n) is 4.34. The van der Waals surface area contributed by atoms with Crippen molar-refractivity contribution in [2.45, 2.75) is 0 Å². The van der Waals surface area contributed by atoms with Crippen molar-refractivity contribution in [1.29, 1.82) is 0 Å². The molecule has 0 bridgehead atoms. The molecule has 0 radical (unpaired) electrons. The van der Waals surface area contributed by atoms with Gasteiger partial charge in [0.1, 0.15) is 5.75 Å². The van der Waals surface area contributed by atoms with E-state index in [1.54, 1.807) is 7.11 Å². The number of methoxy groups -OCH3 is 1. The summed E-state index contributed by atoms with van der Waals surface area (Å²) in [5.41, 5.74) is 13.0. The molecule has 3 heteroatoms. The minimum Gasteiger partial charge on any atom is -0.495 e. The lowest BCUT2D eigenvalue weighted by atomic mass is 10.1. The average Bonchev–Trinajstić information content (AvgIpc) is 2.18. The Labute approximate surface area is 82.3 Å². The van der Waals surface area contributed by atoms with Gasteiger partial charge in [-0.05, 0) is 23.6 Å². The quantitative estimate of drug-likeness (QED) is 0.673. The Morgan fingerprint density at radius 2 is 1.86 bits per heavy atom. The molecule has 2 aromatic carbocycles. The smallest absolute Gasteiger partial charge is 0.142 e. The van der Waals surface area contributed by atoms with Crippen LogP contribution >= 0.6 is 0 Å². The number of hydrogen-bond donors (Lipinski definition) is 2. The molecule has 2 rings (SSSR count). The zero-order valence-electron chi connectivity index (χ0n) is 7.95. The topological polar surface area (TPSA) is 61.3 Å². The van der Waals surface area contributed by atoms with Crippen molar-refractivity contribution in [3.05, 3.63) is 30.3 Å². The molecule has 0 aliphatic rings. The summed E-state index contributed by atoms with van der Waals surface area (Å²) in [4.78, 5) is 0. The van der Waals surface area contributed by atoms with Crippen LogP contribution in [0.1, 0.15) is 0 Å². The molecule has 14 heavy (non-hydrogen) atoms. The van der Waals surface area contributed by atoms with Crippen molar-refractivity contribution in [2.24, 2.45) is 0 Å². The van der Waals surface area contributed by atoms with Crippen LogP contribution in [-0.2, 0) is 0 Å². The van der Waals surface area contributed by atoms with E-state index in [1.165, 1.54) is 0 Å². The van der Waals surface area contributed by atoms with E-state index < -0.39 is 0 Å². The van der Waals surface area contributed by atoms with Crippen LogP contribution in [0.25, 0.3) is 10.8 Å². The first kappa shape index (κ1) is 8.69. The molecule has 0 saturated carbocycles. The molecule has 0 amide bonds. The normalized spacial score (nSPS) is 10.4. The maximum absolute atomic E-state index is 5.91. The van der Waals surface area contributed by atoms with Gasteiger partial charge in [-0.3, -0.25) is 0 Å². The summed E-state index contributed by atoms with van der Waals surface area (Å²) >= 11 is 0. The second-order valence-electron chi connectivity index (χ2n) is 3.16. The molecule has 3 nitrogen and oxygen atoms in total. The molecule has 0 spiro atoms. The number of benzene rings is 2. The molecule has 0 saturated heterocycles.